The van der Waals surface area contributed by atoms with Crippen molar-refractivity contribution in [2.24, 2.45) is 0 Å². The van der Waals surface area contributed by atoms with Crippen LogP contribution in [0.15, 0.2) is 73.3 Å². The fourth-order valence-corrected chi connectivity index (χ4v) is 4.03. The molecule has 0 unspecified atom stereocenters. The molecule has 1 amide bonds. The van der Waals surface area contributed by atoms with Gasteiger partial charge in [0.15, 0.2) is 0 Å². The zero-order valence-electron chi connectivity index (χ0n) is 17.2. The Kier molecular flexibility index (Phi) is 4.98. The second-order valence-electron chi connectivity index (χ2n) is 7.79. The number of hydrogen-bond acceptors (Lipinski definition) is 1. The molecular formula is C26H26N2O. The number of carbonyl (C=O) groups excluding carboxylic acids is 1. The number of allylic oxidation sites excluding steroid dienone is 1. The average Bonchev–Trinajstić information content (AvgIpc) is 3.00. The first kappa shape index (κ1) is 19.0. The van der Waals surface area contributed by atoms with Crippen molar-refractivity contribution in [2.75, 3.05) is 5.32 Å². The smallest absolute Gasteiger partial charge is 0.272 e. The first-order valence-corrected chi connectivity index (χ1v) is 10.0. The summed E-state index contributed by atoms with van der Waals surface area (Å²) in [7, 11) is 0. The van der Waals surface area contributed by atoms with E-state index < -0.39 is 0 Å². The van der Waals surface area contributed by atoms with Crippen LogP contribution in [0.25, 0.3) is 21.7 Å². The second-order valence-corrected chi connectivity index (χ2v) is 7.79. The number of aromatic nitrogens is 1. The fraction of sp³-hybridized carbons (Fsp3) is 0.192. The van der Waals surface area contributed by atoms with Crippen molar-refractivity contribution in [1.29, 1.82) is 0 Å². The van der Waals surface area contributed by atoms with Crippen molar-refractivity contribution in [3.63, 3.8) is 0 Å². The number of hydrogen-bond donors (Lipinski definition) is 1. The highest BCUT2D eigenvalue weighted by atomic mass is 16.2. The van der Waals surface area contributed by atoms with Crippen molar-refractivity contribution >= 4 is 33.3 Å². The van der Waals surface area contributed by atoms with E-state index in [4.69, 9.17) is 0 Å². The van der Waals surface area contributed by atoms with Gasteiger partial charge in [-0.3, -0.25) is 4.79 Å². The molecule has 3 heteroatoms. The molecule has 0 aliphatic heterocycles. The fourth-order valence-electron chi connectivity index (χ4n) is 4.03. The van der Waals surface area contributed by atoms with E-state index in [-0.39, 0.29) is 5.91 Å². The van der Waals surface area contributed by atoms with E-state index >= 15 is 0 Å². The Labute approximate surface area is 171 Å². The molecule has 0 atom stereocenters. The van der Waals surface area contributed by atoms with Crippen LogP contribution in [-0.2, 0) is 6.54 Å². The van der Waals surface area contributed by atoms with Crippen LogP contribution < -0.4 is 5.32 Å². The van der Waals surface area contributed by atoms with Gasteiger partial charge < -0.3 is 9.88 Å². The van der Waals surface area contributed by atoms with Gasteiger partial charge in [-0.2, -0.15) is 0 Å². The number of aryl methyl sites for hydroxylation is 1. The molecule has 29 heavy (non-hydrogen) atoms. The third-order valence-corrected chi connectivity index (χ3v) is 5.57. The number of anilines is 1. The zero-order chi connectivity index (χ0) is 20.5. The second kappa shape index (κ2) is 7.59. The Morgan fingerprint density at radius 2 is 1.83 bits per heavy atom. The van der Waals surface area contributed by atoms with Crippen LogP contribution in [0.1, 0.15) is 41.4 Å². The number of rotatable bonds is 5. The quantitative estimate of drug-likeness (QED) is 0.385. The van der Waals surface area contributed by atoms with Gasteiger partial charge in [0.1, 0.15) is 5.69 Å². The standard InChI is InChI=1S/C26H26N2O/c1-5-15-28-24-14-13-20(17(2)3)16-22(24)18(4)25(28)26(29)27-23-12-8-10-19-9-6-7-11-21(19)23/h5-14,16-17H,1,15H2,2-4H3,(H,27,29). The summed E-state index contributed by atoms with van der Waals surface area (Å²) in [5.41, 5.74) is 4.86. The molecule has 0 bridgehead atoms. The minimum atomic E-state index is -0.0944. The van der Waals surface area contributed by atoms with Gasteiger partial charge in [-0.25, -0.2) is 0 Å². The van der Waals surface area contributed by atoms with Crippen LogP contribution in [0.2, 0.25) is 0 Å². The van der Waals surface area contributed by atoms with Crippen LogP contribution >= 0.6 is 0 Å². The Hall–Kier alpha value is -3.33. The van der Waals surface area contributed by atoms with Crippen molar-refractivity contribution in [3.05, 3.63) is 90.1 Å². The molecule has 3 aromatic carbocycles. The maximum Gasteiger partial charge on any atom is 0.272 e. The molecule has 0 spiro atoms. The minimum Gasteiger partial charge on any atom is -0.332 e. The van der Waals surface area contributed by atoms with Gasteiger partial charge in [0, 0.05) is 28.5 Å². The van der Waals surface area contributed by atoms with E-state index in [1.165, 1.54) is 5.56 Å². The third-order valence-electron chi connectivity index (χ3n) is 5.57. The van der Waals surface area contributed by atoms with E-state index in [1.807, 2.05) is 43.3 Å². The van der Waals surface area contributed by atoms with Crippen LogP contribution in [0.5, 0.6) is 0 Å². The van der Waals surface area contributed by atoms with Crippen LogP contribution in [0, 0.1) is 6.92 Å². The van der Waals surface area contributed by atoms with Crippen molar-refractivity contribution in [2.45, 2.75) is 33.2 Å². The molecule has 0 aliphatic rings. The number of nitrogens with one attached hydrogen (secondary N) is 1. The average molecular weight is 383 g/mol. The van der Waals surface area contributed by atoms with Crippen molar-refractivity contribution in [1.82, 2.24) is 4.57 Å². The number of benzene rings is 3. The lowest BCUT2D eigenvalue weighted by molar-refractivity contribution is 0.101. The highest BCUT2D eigenvalue weighted by molar-refractivity contribution is 6.11. The van der Waals surface area contributed by atoms with Gasteiger partial charge in [-0.05, 0) is 47.6 Å². The maximum atomic E-state index is 13.4. The molecule has 1 aromatic heterocycles. The first-order valence-electron chi connectivity index (χ1n) is 10.0. The summed E-state index contributed by atoms with van der Waals surface area (Å²) in [6, 6.07) is 20.5. The first-order chi connectivity index (χ1) is 14.0. The van der Waals surface area contributed by atoms with E-state index in [9.17, 15) is 4.79 Å². The minimum absolute atomic E-state index is 0.0944. The highest BCUT2D eigenvalue weighted by Gasteiger charge is 2.21. The topological polar surface area (TPSA) is 34.0 Å². The molecule has 1 heterocycles. The van der Waals surface area contributed by atoms with E-state index in [1.54, 1.807) is 0 Å². The van der Waals surface area contributed by atoms with Gasteiger partial charge in [-0.15, -0.1) is 6.58 Å². The van der Waals surface area contributed by atoms with Gasteiger partial charge in [0.25, 0.3) is 5.91 Å². The summed E-state index contributed by atoms with van der Waals surface area (Å²) in [6.07, 6.45) is 1.84. The molecule has 0 aliphatic carbocycles. The van der Waals surface area contributed by atoms with Crippen LogP contribution in [-0.4, -0.2) is 10.5 Å². The monoisotopic (exact) mass is 382 g/mol. The molecule has 0 saturated heterocycles. The predicted molar refractivity (Wildman–Crippen MR) is 123 cm³/mol. The lowest BCUT2D eigenvalue weighted by Crippen LogP contribution is -2.18. The number of fused-ring (bicyclic) bond motifs is 2. The summed E-state index contributed by atoms with van der Waals surface area (Å²) in [5, 5.41) is 6.41. The summed E-state index contributed by atoms with van der Waals surface area (Å²) >= 11 is 0. The van der Waals surface area contributed by atoms with Crippen LogP contribution in [0.3, 0.4) is 0 Å². The normalized spacial score (nSPS) is 11.3. The molecule has 4 aromatic rings. The SMILES string of the molecule is C=CCn1c(C(=O)Nc2cccc3ccccc23)c(C)c2cc(C(C)C)ccc21. The van der Waals surface area contributed by atoms with Gasteiger partial charge >= 0.3 is 0 Å². The predicted octanol–water partition coefficient (Wildman–Crippen LogP) is 6.66. The van der Waals surface area contributed by atoms with E-state index in [0.717, 1.165) is 32.9 Å². The van der Waals surface area contributed by atoms with Gasteiger partial charge in [-0.1, -0.05) is 62.4 Å². The summed E-state index contributed by atoms with van der Waals surface area (Å²) < 4.78 is 2.06. The summed E-state index contributed by atoms with van der Waals surface area (Å²) in [5.74, 6) is 0.345. The van der Waals surface area contributed by atoms with Crippen molar-refractivity contribution < 1.29 is 4.79 Å². The molecule has 4 rings (SSSR count). The molecule has 0 radical (unpaired) electrons. The van der Waals surface area contributed by atoms with E-state index in [2.05, 4.69) is 60.6 Å². The zero-order valence-corrected chi connectivity index (χ0v) is 17.2. The molecule has 1 N–H and O–H groups in total. The highest BCUT2D eigenvalue weighted by Crippen LogP contribution is 2.30. The van der Waals surface area contributed by atoms with Crippen LogP contribution in [0.4, 0.5) is 5.69 Å². The number of nitrogens with zero attached hydrogens (tertiary/aromatic N) is 1. The Bertz CT molecular complexity index is 1230. The van der Waals surface area contributed by atoms with Gasteiger partial charge in [0.2, 0.25) is 0 Å². The van der Waals surface area contributed by atoms with Crippen molar-refractivity contribution in [3.8, 4) is 0 Å². The van der Waals surface area contributed by atoms with E-state index in [0.29, 0.717) is 18.2 Å². The lowest BCUT2D eigenvalue weighted by Gasteiger charge is -2.12. The Morgan fingerprint density at radius 3 is 2.59 bits per heavy atom. The summed E-state index contributed by atoms with van der Waals surface area (Å²) in [6.45, 7) is 10.9. The molecule has 0 saturated carbocycles. The molecule has 3 nitrogen and oxygen atoms in total. The number of carbonyl (C=O) groups is 1. The maximum absolute atomic E-state index is 13.4. The molecule has 146 valence electrons. The third kappa shape index (κ3) is 3.33. The molecular weight excluding hydrogens is 356 g/mol. The molecule has 0 fully saturated rings. The number of amides is 1. The summed E-state index contributed by atoms with van der Waals surface area (Å²) in [4.78, 5) is 13.4. The van der Waals surface area contributed by atoms with Gasteiger partial charge in [0.05, 0.1) is 0 Å². The lowest BCUT2D eigenvalue weighted by atomic mass is 10.0. The Morgan fingerprint density at radius 1 is 1.07 bits per heavy atom. The largest absolute Gasteiger partial charge is 0.332 e. The Balaban J connectivity index is 1.83.